The molecular weight excluding hydrogens is 294 g/mol. The molecule has 6 heteroatoms. The molecule has 1 aromatic carbocycles. The summed E-state index contributed by atoms with van der Waals surface area (Å²) in [4.78, 5) is 14.3. The SMILES string of the molecule is CCCC1CC(C(=O)N(C)Cc2ccc3c(c2)OCCO3)NN1. The highest BCUT2D eigenvalue weighted by Gasteiger charge is 2.30. The van der Waals surface area contributed by atoms with Crippen LogP contribution in [0.15, 0.2) is 18.2 Å². The minimum Gasteiger partial charge on any atom is -0.486 e. The van der Waals surface area contributed by atoms with E-state index in [4.69, 9.17) is 9.47 Å². The average Bonchev–Trinajstić information content (AvgIpc) is 3.03. The van der Waals surface area contributed by atoms with Gasteiger partial charge in [-0.15, -0.1) is 0 Å². The molecule has 3 rings (SSSR count). The van der Waals surface area contributed by atoms with Gasteiger partial charge in [0.1, 0.15) is 19.3 Å². The quantitative estimate of drug-likeness (QED) is 0.860. The number of benzene rings is 1. The van der Waals surface area contributed by atoms with Gasteiger partial charge in [-0.25, -0.2) is 5.43 Å². The van der Waals surface area contributed by atoms with Crippen molar-refractivity contribution < 1.29 is 14.3 Å². The van der Waals surface area contributed by atoms with E-state index < -0.39 is 0 Å². The van der Waals surface area contributed by atoms with Crippen LogP contribution in [0, 0.1) is 0 Å². The molecule has 1 amide bonds. The zero-order chi connectivity index (χ0) is 16.2. The molecule has 23 heavy (non-hydrogen) atoms. The van der Waals surface area contributed by atoms with Gasteiger partial charge < -0.3 is 14.4 Å². The van der Waals surface area contributed by atoms with Crippen LogP contribution in [0.1, 0.15) is 31.7 Å². The molecule has 0 spiro atoms. The Labute approximate surface area is 137 Å². The summed E-state index contributed by atoms with van der Waals surface area (Å²) in [6, 6.07) is 6.09. The molecular formula is C17H25N3O3. The number of hydrogen-bond acceptors (Lipinski definition) is 5. The van der Waals surface area contributed by atoms with Crippen LogP contribution in [0.2, 0.25) is 0 Å². The highest BCUT2D eigenvalue weighted by atomic mass is 16.6. The topological polar surface area (TPSA) is 62.8 Å². The van der Waals surface area contributed by atoms with Crippen LogP contribution in [0.25, 0.3) is 0 Å². The van der Waals surface area contributed by atoms with Crippen molar-refractivity contribution in [2.45, 2.75) is 44.8 Å². The minimum atomic E-state index is -0.145. The summed E-state index contributed by atoms with van der Waals surface area (Å²) in [5.41, 5.74) is 7.38. The maximum atomic E-state index is 12.6. The predicted octanol–water partition coefficient (Wildman–Crippen LogP) is 1.45. The summed E-state index contributed by atoms with van der Waals surface area (Å²) in [5.74, 6) is 1.65. The highest BCUT2D eigenvalue weighted by Crippen LogP contribution is 2.31. The summed E-state index contributed by atoms with van der Waals surface area (Å²) in [6.45, 7) is 3.88. The minimum absolute atomic E-state index is 0.117. The molecule has 2 atom stereocenters. The molecule has 2 heterocycles. The summed E-state index contributed by atoms with van der Waals surface area (Å²) >= 11 is 0. The lowest BCUT2D eigenvalue weighted by Gasteiger charge is -2.23. The van der Waals surface area contributed by atoms with Crippen molar-refractivity contribution in [3.05, 3.63) is 23.8 Å². The van der Waals surface area contributed by atoms with Gasteiger partial charge in [0, 0.05) is 19.6 Å². The van der Waals surface area contributed by atoms with E-state index in [-0.39, 0.29) is 11.9 Å². The number of carbonyl (C=O) groups excluding carboxylic acids is 1. The van der Waals surface area contributed by atoms with Crippen LogP contribution < -0.4 is 20.3 Å². The molecule has 2 aliphatic rings. The van der Waals surface area contributed by atoms with Gasteiger partial charge in [-0.05, 0) is 30.5 Å². The van der Waals surface area contributed by atoms with Crippen molar-refractivity contribution in [2.75, 3.05) is 20.3 Å². The number of ether oxygens (including phenoxy) is 2. The van der Waals surface area contributed by atoms with Crippen LogP contribution >= 0.6 is 0 Å². The number of fused-ring (bicyclic) bond motifs is 1. The summed E-state index contributed by atoms with van der Waals surface area (Å²) in [5, 5.41) is 0. The van der Waals surface area contributed by atoms with E-state index in [1.54, 1.807) is 4.90 Å². The van der Waals surface area contributed by atoms with E-state index in [0.717, 1.165) is 36.3 Å². The third kappa shape index (κ3) is 3.76. The number of carbonyl (C=O) groups is 1. The largest absolute Gasteiger partial charge is 0.486 e. The van der Waals surface area contributed by atoms with Gasteiger partial charge in [-0.3, -0.25) is 10.2 Å². The first-order valence-corrected chi connectivity index (χ1v) is 8.32. The third-order valence-electron chi connectivity index (χ3n) is 4.32. The summed E-state index contributed by atoms with van der Waals surface area (Å²) < 4.78 is 11.1. The van der Waals surface area contributed by atoms with Gasteiger partial charge in [0.25, 0.3) is 0 Å². The first-order valence-electron chi connectivity index (χ1n) is 8.32. The number of amides is 1. The molecule has 1 fully saturated rings. The lowest BCUT2D eigenvalue weighted by Crippen LogP contribution is -2.43. The molecule has 2 aliphatic heterocycles. The Bertz CT molecular complexity index is 564. The molecule has 0 saturated carbocycles. The third-order valence-corrected chi connectivity index (χ3v) is 4.32. The number of nitrogens with one attached hydrogen (secondary N) is 2. The van der Waals surface area contributed by atoms with Gasteiger partial charge in [-0.2, -0.15) is 0 Å². The fourth-order valence-corrected chi connectivity index (χ4v) is 3.13. The van der Waals surface area contributed by atoms with E-state index in [1.165, 1.54) is 0 Å². The smallest absolute Gasteiger partial charge is 0.241 e. The van der Waals surface area contributed by atoms with Crippen LogP contribution in [0.3, 0.4) is 0 Å². The molecule has 0 aliphatic carbocycles. The molecule has 0 bridgehead atoms. The first-order chi connectivity index (χ1) is 11.2. The molecule has 1 aromatic rings. The maximum absolute atomic E-state index is 12.6. The van der Waals surface area contributed by atoms with Crippen molar-refractivity contribution >= 4 is 5.91 Å². The Morgan fingerprint density at radius 2 is 2.04 bits per heavy atom. The van der Waals surface area contributed by atoms with Crippen molar-refractivity contribution in [1.29, 1.82) is 0 Å². The van der Waals surface area contributed by atoms with Crippen LogP contribution in [0.4, 0.5) is 0 Å². The number of hydrogen-bond donors (Lipinski definition) is 2. The first kappa shape index (κ1) is 16.1. The van der Waals surface area contributed by atoms with E-state index in [9.17, 15) is 4.79 Å². The zero-order valence-electron chi connectivity index (χ0n) is 13.8. The molecule has 0 aromatic heterocycles. The number of hydrazine groups is 1. The lowest BCUT2D eigenvalue weighted by atomic mass is 10.1. The van der Waals surface area contributed by atoms with Gasteiger partial charge in [0.05, 0.1) is 0 Å². The second-order valence-corrected chi connectivity index (χ2v) is 6.23. The molecule has 1 saturated heterocycles. The normalized spacial score (nSPS) is 22.9. The van der Waals surface area contributed by atoms with E-state index in [2.05, 4.69) is 17.8 Å². The fourth-order valence-electron chi connectivity index (χ4n) is 3.13. The predicted molar refractivity (Wildman–Crippen MR) is 87.3 cm³/mol. The Hall–Kier alpha value is -1.79. The standard InChI is InChI=1S/C17H25N3O3/c1-3-4-13-10-14(19-18-13)17(21)20(2)11-12-5-6-15-16(9-12)23-8-7-22-15/h5-6,9,13-14,18-19H,3-4,7-8,10-11H2,1-2H3. The highest BCUT2D eigenvalue weighted by molar-refractivity contribution is 5.82. The Morgan fingerprint density at radius 1 is 1.26 bits per heavy atom. The second-order valence-electron chi connectivity index (χ2n) is 6.23. The van der Waals surface area contributed by atoms with Crippen molar-refractivity contribution in [3.8, 4) is 11.5 Å². The van der Waals surface area contributed by atoms with Gasteiger partial charge >= 0.3 is 0 Å². The van der Waals surface area contributed by atoms with Crippen LogP contribution in [-0.2, 0) is 11.3 Å². The van der Waals surface area contributed by atoms with E-state index >= 15 is 0 Å². The van der Waals surface area contributed by atoms with Gasteiger partial charge in [0.15, 0.2) is 11.5 Å². The zero-order valence-corrected chi connectivity index (χ0v) is 13.8. The van der Waals surface area contributed by atoms with Gasteiger partial charge in [0.2, 0.25) is 5.91 Å². The monoisotopic (exact) mass is 319 g/mol. The van der Waals surface area contributed by atoms with Crippen molar-refractivity contribution in [2.24, 2.45) is 0 Å². The fraction of sp³-hybridized carbons (Fsp3) is 0.588. The molecule has 2 unspecified atom stereocenters. The Morgan fingerprint density at radius 3 is 2.83 bits per heavy atom. The maximum Gasteiger partial charge on any atom is 0.241 e. The number of nitrogens with zero attached hydrogens (tertiary/aromatic N) is 1. The van der Waals surface area contributed by atoms with Gasteiger partial charge in [-0.1, -0.05) is 19.4 Å². The summed E-state index contributed by atoms with van der Waals surface area (Å²) in [6.07, 6.45) is 3.05. The molecule has 126 valence electrons. The second kappa shape index (κ2) is 7.19. The average molecular weight is 319 g/mol. The molecule has 2 N–H and O–H groups in total. The Balaban J connectivity index is 1.58. The van der Waals surface area contributed by atoms with E-state index in [0.29, 0.717) is 25.8 Å². The number of rotatable bonds is 5. The number of likely N-dealkylation sites (N-methyl/N-ethyl adjacent to an activating group) is 1. The van der Waals surface area contributed by atoms with Crippen molar-refractivity contribution in [3.63, 3.8) is 0 Å². The molecule has 0 radical (unpaired) electrons. The van der Waals surface area contributed by atoms with E-state index in [1.807, 2.05) is 25.2 Å². The van der Waals surface area contributed by atoms with Crippen LogP contribution in [0.5, 0.6) is 11.5 Å². The van der Waals surface area contributed by atoms with Crippen LogP contribution in [-0.4, -0.2) is 43.2 Å². The summed E-state index contributed by atoms with van der Waals surface area (Å²) in [7, 11) is 1.84. The lowest BCUT2D eigenvalue weighted by molar-refractivity contribution is -0.132. The Kier molecular flexibility index (Phi) is 5.03. The van der Waals surface area contributed by atoms with Crippen molar-refractivity contribution in [1.82, 2.24) is 15.8 Å². The molecule has 6 nitrogen and oxygen atoms in total.